The monoisotopic (exact) mass is 290 g/mol. The van der Waals surface area contributed by atoms with Crippen molar-refractivity contribution in [2.75, 3.05) is 5.43 Å². The number of nitriles is 1. The second kappa shape index (κ2) is 5.89. The van der Waals surface area contributed by atoms with E-state index < -0.39 is 5.78 Å². The quantitative estimate of drug-likeness (QED) is 0.453. The van der Waals surface area contributed by atoms with Gasteiger partial charge in [0.15, 0.2) is 11.3 Å². The molecule has 0 saturated carbocycles. The van der Waals surface area contributed by atoms with Gasteiger partial charge in [0.25, 0.3) is 0 Å². The van der Waals surface area contributed by atoms with E-state index in [9.17, 15) is 4.79 Å². The van der Waals surface area contributed by atoms with Crippen LogP contribution in [-0.2, 0) is 0 Å². The number of hydrogen-bond acceptors (Lipinski definition) is 6. The van der Waals surface area contributed by atoms with Gasteiger partial charge in [0.1, 0.15) is 6.07 Å². The molecule has 6 heteroatoms. The zero-order valence-electron chi connectivity index (χ0n) is 11.4. The van der Waals surface area contributed by atoms with Gasteiger partial charge in [0, 0.05) is 0 Å². The normalized spacial score (nSPS) is 11.1. The first-order valence-corrected chi connectivity index (χ1v) is 6.47. The summed E-state index contributed by atoms with van der Waals surface area (Å²) in [6, 6.07) is 17.8. The zero-order valence-corrected chi connectivity index (χ0v) is 11.4. The predicted molar refractivity (Wildman–Crippen MR) is 81.5 cm³/mol. The highest BCUT2D eigenvalue weighted by Crippen LogP contribution is 2.18. The number of hydrazone groups is 1. The van der Waals surface area contributed by atoms with Crippen LogP contribution in [0.2, 0.25) is 0 Å². The lowest BCUT2D eigenvalue weighted by atomic mass is 10.1. The van der Waals surface area contributed by atoms with Gasteiger partial charge in [-0.25, -0.2) is 0 Å². The molecule has 0 amide bonds. The molecule has 3 rings (SSSR count). The molecule has 1 N–H and O–H groups in total. The van der Waals surface area contributed by atoms with Crippen molar-refractivity contribution in [1.29, 1.82) is 5.26 Å². The molecule has 0 aliphatic heterocycles. The Morgan fingerprint density at radius 2 is 1.86 bits per heavy atom. The SMILES string of the molecule is N#C/C(=N\Nc1ccccc1)C(=O)c1noc2ccccc12. The summed E-state index contributed by atoms with van der Waals surface area (Å²) in [5.41, 5.74) is 3.62. The number of para-hydroxylation sites is 2. The van der Waals surface area contributed by atoms with Crippen molar-refractivity contribution >= 4 is 28.2 Å². The molecule has 0 spiro atoms. The Balaban J connectivity index is 1.90. The molecule has 1 aromatic heterocycles. The predicted octanol–water partition coefficient (Wildman–Crippen LogP) is 3.00. The van der Waals surface area contributed by atoms with Crippen molar-refractivity contribution in [3.63, 3.8) is 0 Å². The number of nitrogens with one attached hydrogen (secondary N) is 1. The molecule has 2 aromatic carbocycles. The number of anilines is 1. The molecule has 0 aliphatic carbocycles. The van der Waals surface area contributed by atoms with Crippen LogP contribution in [0.25, 0.3) is 11.0 Å². The number of ketones is 1. The minimum atomic E-state index is -0.587. The van der Waals surface area contributed by atoms with E-state index >= 15 is 0 Å². The lowest BCUT2D eigenvalue weighted by molar-refractivity contribution is 0.106. The average molecular weight is 290 g/mol. The van der Waals surface area contributed by atoms with Crippen LogP contribution >= 0.6 is 0 Å². The van der Waals surface area contributed by atoms with Crippen molar-refractivity contribution in [2.24, 2.45) is 5.10 Å². The minimum absolute atomic E-state index is 0.0748. The molecule has 0 aliphatic rings. The molecule has 3 aromatic rings. The van der Waals surface area contributed by atoms with Crippen LogP contribution in [0.1, 0.15) is 10.5 Å². The number of fused-ring (bicyclic) bond motifs is 1. The summed E-state index contributed by atoms with van der Waals surface area (Å²) < 4.78 is 5.07. The van der Waals surface area contributed by atoms with Crippen LogP contribution in [-0.4, -0.2) is 16.7 Å². The smallest absolute Gasteiger partial charge is 0.246 e. The molecule has 106 valence electrons. The second-order valence-electron chi connectivity index (χ2n) is 4.41. The third kappa shape index (κ3) is 2.55. The van der Waals surface area contributed by atoms with E-state index in [1.165, 1.54) is 0 Å². The standard InChI is InChI=1S/C16H10N4O2/c17-10-13(19-18-11-6-2-1-3-7-11)16(21)15-12-8-4-5-9-14(12)22-20-15/h1-9,18H/b19-13+. The summed E-state index contributed by atoms with van der Waals surface area (Å²) in [4.78, 5) is 12.4. The number of Topliss-reactive ketones (excluding diaryl/α,β-unsaturated/α-hetero) is 1. The van der Waals surface area contributed by atoms with Crippen molar-refractivity contribution in [2.45, 2.75) is 0 Å². The molecule has 0 saturated heterocycles. The van der Waals surface area contributed by atoms with Gasteiger partial charge in [0.05, 0.1) is 11.1 Å². The fourth-order valence-corrected chi connectivity index (χ4v) is 1.92. The maximum atomic E-state index is 12.4. The second-order valence-corrected chi connectivity index (χ2v) is 4.41. The first kappa shape index (κ1) is 13.5. The first-order chi connectivity index (χ1) is 10.8. The van der Waals surface area contributed by atoms with Gasteiger partial charge in [-0.3, -0.25) is 10.2 Å². The molecule has 0 fully saturated rings. The number of carbonyl (C=O) groups is 1. The highest BCUT2D eigenvalue weighted by molar-refractivity contribution is 6.52. The van der Waals surface area contributed by atoms with Gasteiger partial charge in [-0.15, -0.1) is 0 Å². The van der Waals surface area contributed by atoms with Crippen LogP contribution in [0.15, 0.2) is 64.2 Å². The molecular formula is C16H10N4O2. The molecule has 0 atom stereocenters. The molecule has 0 radical (unpaired) electrons. The number of rotatable bonds is 4. The third-order valence-electron chi connectivity index (χ3n) is 2.98. The number of hydrogen-bond donors (Lipinski definition) is 1. The molecule has 0 unspecified atom stereocenters. The highest BCUT2D eigenvalue weighted by atomic mass is 16.5. The van der Waals surface area contributed by atoms with Gasteiger partial charge in [-0.05, 0) is 24.3 Å². The van der Waals surface area contributed by atoms with E-state index in [4.69, 9.17) is 9.78 Å². The fraction of sp³-hybridized carbons (Fsp3) is 0. The first-order valence-electron chi connectivity index (χ1n) is 6.47. The summed E-state index contributed by atoms with van der Waals surface area (Å²) >= 11 is 0. The number of carbonyl (C=O) groups excluding carboxylic acids is 1. The van der Waals surface area contributed by atoms with Crippen LogP contribution in [0.5, 0.6) is 0 Å². The summed E-state index contributed by atoms with van der Waals surface area (Å²) in [6.07, 6.45) is 0. The molecule has 6 nitrogen and oxygen atoms in total. The highest BCUT2D eigenvalue weighted by Gasteiger charge is 2.21. The van der Waals surface area contributed by atoms with Gasteiger partial charge in [-0.1, -0.05) is 35.5 Å². The van der Waals surface area contributed by atoms with Gasteiger partial charge in [-0.2, -0.15) is 10.4 Å². The minimum Gasteiger partial charge on any atom is -0.356 e. The molecule has 1 heterocycles. The third-order valence-corrected chi connectivity index (χ3v) is 2.98. The van der Waals surface area contributed by atoms with Crippen LogP contribution in [0, 0.1) is 11.3 Å². The summed E-state index contributed by atoms with van der Waals surface area (Å²) in [6.45, 7) is 0. The van der Waals surface area contributed by atoms with Crippen molar-refractivity contribution in [3.8, 4) is 6.07 Å². The summed E-state index contributed by atoms with van der Waals surface area (Å²) in [7, 11) is 0. The van der Waals surface area contributed by atoms with Crippen molar-refractivity contribution < 1.29 is 9.32 Å². The van der Waals surface area contributed by atoms with Crippen molar-refractivity contribution in [3.05, 3.63) is 60.3 Å². The van der Waals surface area contributed by atoms with E-state index in [0.717, 1.165) is 0 Å². The van der Waals surface area contributed by atoms with Gasteiger partial charge in [0.2, 0.25) is 11.5 Å². The lowest BCUT2D eigenvalue weighted by Crippen LogP contribution is -2.15. The Kier molecular flexibility index (Phi) is 3.62. The molecule has 22 heavy (non-hydrogen) atoms. The number of nitrogens with zero attached hydrogens (tertiary/aromatic N) is 3. The van der Waals surface area contributed by atoms with Crippen LogP contribution in [0.4, 0.5) is 5.69 Å². The Morgan fingerprint density at radius 1 is 1.14 bits per heavy atom. The van der Waals surface area contributed by atoms with E-state index in [1.807, 2.05) is 18.2 Å². The maximum absolute atomic E-state index is 12.4. The Bertz CT molecular complexity index is 891. The Morgan fingerprint density at radius 3 is 2.64 bits per heavy atom. The number of benzene rings is 2. The topological polar surface area (TPSA) is 91.3 Å². The van der Waals surface area contributed by atoms with Crippen LogP contribution in [0.3, 0.4) is 0 Å². The van der Waals surface area contributed by atoms with E-state index in [0.29, 0.717) is 16.7 Å². The molecule has 0 bridgehead atoms. The Hall–Kier alpha value is -3.46. The van der Waals surface area contributed by atoms with E-state index in [2.05, 4.69) is 15.7 Å². The van der Waals surface area contributed by atoms with Crippen molar-refractivity contribution in [1.82, 2.24) is 5.16 Å². The van der Waals surface area contributed by atoms with E-state index in [-0.39, 0.29) is 11.4 Å². The maximum Gasteiger partial charge on any atom is 0.246 e. The lowest BCUT2D eigenvalue weighted by Gasteiger charge is -1.99. The fourth-order valence-electron chi connectivity index (χ4n) is 1.92. The Labute approximate surface area is 125 Å². The van der Waals surface area contributed by atoms with Gasteiger partial charge >= 0.3 is 0 Å². The largest absolute Gasteiger partial charge is 0.356 e. The summed E-state index contributed by atoms with van der Waals surface area (Å²) in [5.74, 6) is -0.587. The van der Waals surface area contributed by atoms with Gasteiger partial charge < -0.3 is 4.52 Å². The average Bonchev–Trinajstić information content (AvgIpc) is 3.00. The van der Waals surface area contributed by atoms with Crippen LogP contribution < -0.4 is 5.43 Å². The summed E-state index contributed by atoms with van der Waals surface area (Å²) in [5, 5.41) is 17.3. The number of aromatic nitrogens is 1. The molecular weight excluding hydrogens is 280 g/mol. The zero-order chi connectivity index (χ0) is 15.4. The van der Waals surface area contributed by atoms with E-state index in [1.54, 1.807) is 42.5 Å².